The first-order valence-corrected chi connectivity index (χ1v) is 7.91. The fourth-order valence-electron chi connectivity index (χ4n) is 1.80. The molecule has 23 heavy (non-hydrogen) atoms. The fraction of sp³-hybridized carbons (Fsp3) is 0.812. The van der Waals surface area contributed by atoms with Crippen LogP contribution in [0.15, 0.2) is 0 Å². The second-order valence-electron chi connectivity index (χ2n) is 5.01. The zero-order valence-corrected chi connectivity index (χ0v) is 19.5. The summed E-state index contributed by atoms with van der Waals surface area (Å²) < 4.78 is 4.78. The molecule has 0 atom stereocenters. The van der Waals surface area contributed by atoms with Gasteiger partial charge in [0.25, 0.3) is 5.97 Å². The predicted molar refractivity (Wildman–Crippen MR) is 87.1 cm³/mol. The van der Waals surface area contributed by atoms with E-state index in [9.17, 15) is 4.79 Å². The van der Waals surface area contributed by atoms with Crippen LogP contribution in [-0.2, 0) is 14.3 Å². The fourth-order valence-corrected chi connectivity index (χ4v) is 1.80. The van der Waals surface area contributed by atoms with E-state index in [1.807, 2.05) is 0 Å². The van der Waals surface area contributed by atoms with E-state index >= 15 is 0 Å². The molecule has 0 saturated heterocycles. The van der Waals surface area contributed by atoms with Crippen LogP contribution < -0.4 is 59.1 Å². The molecule has 0 amide bonds. The molecule has 2 N–H and O–H groups in total. The minimum atomic E-state index is -0.833. The largest absolute Gasteiger partial charge is 1.00 e. The molecule has 0 bridgehead atoms. The number of carboxylic acid groups (broad SMARTS) is 1. The summed E-state index contributed by atoms with van der Waals surface area (Å²) in [6, 6.07) is 0. The molecule has 0 aromatic carbocycles. The topological polar surface area (TPSA) is 87.5 Å². The summed E-state index contributed by atoms with van der Waals surface area (Å²) in [5.41, 5.74) is 0. The van der Waals surface area contributed by atoms with E-state index in [1.165, 1.54) is 51.4 Å². The van der Waals surface area contributed by atoms with Crippen molar-refractivity contribution in [1.82, 2.24) is 0 Å². The number of hydrogen-bond acceptors (Lipinski definition) is 4. The van der Waals surface area contributed by atoms with E-state index in [4.69, 9.17) is 20.0 Å². The standard InChI is InChI=1S/C14H27NO2.C2H4O2.2Na.2H/c1-2-3-4-5-6-7-8-9-10-11-12-17-14(16)13-15;1-2(3)4;;;;/h13,15H,2-12H2,1H3;1H3,(H,3,4);;;;/q;;2*+1;2*-1. The zero-order chi connectivity index (χ0) is 16.3. The summed E-state index contributed by atoms with van der Waals surface area (Å²) in [6.07, 6.45) is 13.5. The molecule has 0 fully saturated rings. The van der Waals surface area contributed by atoms with E-state index < -0.39 is 11.9 Å². The number of carbonyl (C=O) groups is 2. The first-order chi connectivity index (χ1) is 10.0. The summed E-state index contributed by atoms with van der Waals surface area (Å²) in [5, 5.41) is 14.1. The summed E-state index contributed by atoms with van der Waals surface area (Å²) in [7, 11) is 0. The van der Waals surface area contributed by atoms with Crippen molar-refractivity contribution in [1.29, 1.82) is 5.41 Å². The van der Waals surface area contributed by atoms with Gasteiger partial charge in [0, 0.05) is 6.92 Å². The van der Waals surface area contributed by atoms with Gasteiger partial charge in [-0.25, -0.2) is 4.79 Å². The van der Waals surface area contributed by atoms with Crippen LogP contribution >= 0.6 is 0 Å². The van der Waals surface area contributed by atoms with Gasteiger partial charge in [-0.2, -0.15) is 0 Å². The molecule has 0 rings (SSSR count). The molecule has 0 spiro atoms. The molecule has 5 nitrogen and oxygen atoms in total. The van der Waals surface area contributed by atoms with Crippen LogP contribution in [0, 0.1) is 5.41 Å². The summed E-state index contributed by atoms with van der Waals surface area (Å²) in [6.45, 7) is 3.79. The SMILES string of the molecule is CC(=O)O.CCCCCCCCCCCCOC(=O)C=N.[H-].[H-].[Na+].[Na+]. The van der Waals surface area contributed by atoms with Crippen LogP contribution in [-0.4, -0.2) is 29.9 Å². The molecule has 0 aromatic rings. The third kappa shape index (κ3) is 39.4. The number of rotatable bonds is 12. The van der Waals surface area contributed by atoms with E-state index in [2.05, 4.69) is 6.92 Å². The van der Waals surface area contributed by atoms with Crippen molar-refractivity contribution < 1.29 is 81.4 Å². The first kappa shape index (κ1) is 31.4. The smallest absolute Gasteiger partial charge is 1.00 e. The second kappa shape index (κ2) is 27.5. The number of hydrogen-bond donors (Lipinski definition) is 2. The van der Waals surface area contributed by atoms with Gasteiger partial charge in [-0.3, -0.25) is 4.79 Å². The van der Waals surface area contributed by atoms with Crippen LogP contribution in [0.2, 0.25) is 0 Å². The Morgan fingerprint density at radius 3 is 1.65 bits per heavy atom. The number of unbranched alkanes of at least 4 members (excludes halogenated alkanes) is 9. The maximum atomic E-state index is 10.6. The molecule has 128 valence electrons. The van der Waals surface area contributed by atoms with Crippen LogP contribution in [0.4, 0.5) is 0 Å². The monoisotopic (exact) mass is 349 g/mol. The normalized spacial score (nSPS) is 8.61. The van der Waals surface area contributed by atoms with E-state index in [-0.39, 0.29) is 62.0 Å². The molecule has 7 heteroatoms. The Morgan fingerprint density at radius 2 is 1.30 bits per heavy atom. The number of esters is 1. The Morgan fingerprint density at radius 1 is 0.957 bits per heavy atom. The molecule has 0 radical (unpaired) electrons. The zero-order valence-electron chi connectivity index (χ0n) is 17.5. The van der Waals surface area contributed by atoms with E-state index in [0.29, 0.717) is 6.61 Å². The molecule has 0 aliphatic heterocycles. The predicted octanol–water partition coefficient (Wildman–Crippen LogP) is -1.58. The third-order valence-corrected chi connectivity index (χ3v) is 2.86. The van der Waals surface area contributed by atoms with Gasteiger partial charge in [-0.15, -0.1) is 0 Å². The molecular weight excluding hydrogens is 316 g/mol. The van der Waals surface area contributed by atoms with Crippen molar-refractivity contribution in [3.8, 4) is 0 Å². The van der Waals surface area contributed by atoms with Crippen molar-refractivity contribution in [3.05, 3.63) is 0 Å². The molecule has 0 unspecified atom stereocenters. The second-order valence-corrected chi connectivity index (χ2v) is 5.01. The van der Waals surface area contributed by atoms with Gasteiger partial charge in [-0.05, 0) is 6.42 Å². The average Bonchev–Trinajstić information content (AvgIpc) is 2.43. The number of aliphatic carboxylic acids is 1. The molecular formula is C16H33NNa2O4. The van der Waals surface area contributed by atoms with Gasteiger partial charge in [0.2, 0.25) is 0 Å². The number of carboxylic acids is 1. The minimum absolute atomic E-state index is 0. The van der Waals surface area contributed by atoms with Crippen LogP contribution in [0.1, 0.15) is 80.9 Å². The number of nitrogens with one attached hydrogen (secondary N) is 1. The van der Waals surface area contributed by atoms with Crippen molar-refractivity contribution in [2.24, 2.45) is 0 Å². The van der Waals surface area contributed by atoms with Crippen molar-refractivity contribution in [3.63, 3.8) is 0 Å². The van der Waals surface area contributed by atoms with Gasteiger partial charge >= 0.3 is 65.1 Å². The summed E-state index contributed by atoms with van der Waals surface area (Å²) >= 11 is 0. The van der Waals surface area contributed by atoms with E-state index in [1.54, 1.807) is 0 Å². The average molecular weight is 349 g/mol. The Hall–Kier alpha value is 0.610. The minimum Gasteiger partial charge on any atom is -1.00 e. The van der Waals surface area contributed by atoms with Gasteiger partial charge in [0.05, 0.1) is 6.61 Å². The van der Waals surface area contributed by atoms with E-state index in [0.717, 1.165) is 26.0 Å². The van der Waals surface area contributed by atoms with Crippen molar-refractivity contribution in [2.75, 3.05) is 6.61 Å². The molecule has 0 heterocycles. The van der Waals surface area contributed by atoms with Gasteiger partial charge in [-0.1, -0.05) is 64.7 Å². The molecule has 0 saturated carbocycles. The number of ether oxygens (including phenoxy) is 1. The third-order valence-electron chi connectivity index (χ3n) is 2.86. The Kier molecular flexibility index (Phi) is 37.5. The quantitative estimate of drug-likeness (QED) is 0.193. The van der Waals surface area contributed by atoms with Crippen LogP contribution in [0.25, 0.3) is 0 Å². The van der Waals surface area contributed by atoms with Gasteiger partial charge < -0.3 is 18.1 Å². The van der Waals surface area contributed by atoms with Crippen LogP contribution in [0.5, 0.6) is 0 Å². The Bertz CT molecular complexity index is 283. The Balaban J connectivity index is -0.000000102. The Labute approximate surface area is 188 Å². The maximum Gasteiger partial charge on any atom is 1.00 e. The maximum absolute atomic E-state index is 10.6. The molecule has 0 aliphatic carbocycles. The van der Waals surface area contributed by atoms with Gasteiger partial charge in [0.1, 0.15) is 6.21 Å². The first-order valence-electron chi connectivity index (χ1n) is 7.91. The van der Waals surface area contributed by atoms with Crippen molar-refractivity contribution >= 4 is 18.2 Å². The molecule has 0 aromatic heterocycles. The summed E-state index contributed by atoms with van der Waals surface area (Å²) in [5.74, 6) is -1.36. The number of carbonyl (C=O) groups excluding carboxylic acids is 1. The molecule has 0 aliphatic rings. The van der Waals surface area contributed by atoms with Crippen LogP contribution in [0.3, 0.4) is 0 Å². The van der Waals surface area contributed by atoms with Crippen molar-refractivity contribution in [2.45, 2.75) is 78.1 Å². The summed E-state index contributed by atoms with van der Waals surface area (Å²) in [4.78, 5) is 19.6. The van der Waals surface area contributed by atoms with Gasteiger partial charge in [0.15, 0.2) is 0 Å².